The molecule has 0 saturated heterocycles. The molecule has 3 N–H and O–H groups in total. The van der Waals surface area contributed by atoms with Crippen LogP contribution in [0.2, 0.25) is 0 Å². The normalized spacial score (nSPS) is 19.0. The molecule has 0 unspecified atom stereocenters. The molecule has 7 rings (SSSR count). The van der Waals surface area contributed by atoms with E-state index >= 15 is 0 Å². The third kappa shape index (κ3) is 4.78. The van der Waals surface area contributed by atoms with Crippen molar-refractivity contribution < 1.29 is 29.2 Å². The van der Waals surface area contributed by atoms with E-state index in [9.17, 15) is 10.2 Å². The first kappa shape index (κ1) is 28.4. The van der Waals surface area contributed by atoms with Crippen LogP contribution in [0.5, 0.6) is 40.2 Å². The molecule has 0 aliphatic carbocycles. The van der Waals surface area contributed by atoms with Gasteiger partial charge in [0.15, 0.2) is 23.0 Å². The van der Waals surface area contributed by atoms with E-state index in [1.165, 1.54) is 5.56 Å². The molecule has 0 saturated carbocycles. The predicted molar refractivity (Wildman–Crippen MR) is 169 cm³/mol. The van der Waals surface area contributed by atoms with Gasteiger partial charge in [0.25, 0.3) is 0 Å². The molecule has 3 heterocycles. The van der Waals surface area contributed by atoms with Gasteiger partial charge in [0.2, 0.25) is 5.75 Å². The Kier molecular flexibility index (Phi) is 7.26. The number of phenols is 2. The van der Waals surface area contributed by atoms with Crippen LogP contribution in [0.1, 0.15) is 45.5 Å². The number of benzene rings is 4. The van der Waals surface area contributed by atoms with Crippen molar-refractivity contribution in [1.82, 2.24) is 10.2 Å². The highest BCUT2D eigenvalue weighted by molar-refractivity contribution is 5.77. The number of ether oxygens (including phenoxy) is 4. The first-order chi connectivity index (χ1) is 21.4. The molecule has 44 heavy (non-hydrogen) atoms. The number of methoxy groups -OCH3 is 3. The molecule has 0 amide bonds. The minimum Gasteiger partial charge on any atom is -0.507 e. The first-order valence-corrected chi connectivity index (χ1v) is 15.1. The summed E-state index contributed by atoms with van der Waals surface area (Å²) in [7, 11) is 6.97. The van der Waals surface area contributed by atoms with Gasteiger partial charge in [-0.3, -0.25) is 4.90 Å². The van der Waals surface area contributed by atoms with Gasteiger partial charge < -0.3 is 34.5 Å². The molecule has 0 aromatic heterocycles. The van der Waals surface area contributed by atoms with Crippen LogP contribution in [0.25, 0.3) is 11.1 Å². The Morgan fingerprint density at radius 2 is 1.52 bits per heavy atom. The van der Waals surface area contributed by atoms with Crippen LogP contribution >= 0.6 is 0 Å². The van der Waals surface area contributed by atoms with Crippen molar-refractivity contribution in [2.45, 2.75) is 37.8 Å². The maximum atomic E-state index is 11.6. The topological polar surface area (TPSA) is 92.7 Å². The van der Waals surface area contributed by atoms with Crippen LogP contribution in [0.3, 0.4) is 0 Å². The van der Waals surface area contributed by atoms with E-state index in [4.69, 9.17) is 18.9 Å². The lowest BCUT2D eigenvalue weighted by Gasteiger charge is -2.36. The highest BCUT2D eigenvalue weighted by Gasteiger charge is 2.34. The first-order valence-electron chi connectivity index (χ1n) is 15.1. The lowest BCUT2D eigenvalue weighted by Crippen LogP contribution is -2.34. The number of fused-ring (bicyclic) bond motifs is 6. The van der Waals surface area contributed by atoms with Gasteiger partial charge in [0.1, 0.15) is 11.5 Å². The highest BCUT2D eigenvalue weighted by atomic mass is 16.5. The second kappa shape index (κ2) is 11.3. The Morgan fingerprint density at radius 3 is 2.32 bits per heavy atom. The van der Waals surface area contributed by atoms with Crippen LogP contribution in [0, 0.1) is 0 Å². The predicted octanol–water partition coefficient (Wildman–Crippen LogP) is 6.10. The summed E-state index contributed by atoms with van der Waals surface area (Å²) in [5, 5.41) is 26.4. The Labute approximate surface area is 257 Å². The summed E-state index contributed by atoms with van der Waals surface area (Å²) in [6.45, 7) is 1.67. The minimum absolute atomic E-state index is 0.0113. The van der Waals surface area contributed by atoms with E-state index in [1.54, 1.807) is 27.4 Å². The summed E-state index contributed by atoms with van der Waals surface area (Å²) >= 11 is 0. The second-order valence-corrected chi connectivity index (χ2v) is 11.9. The lowest BCUT2D eigenvalue weighted by atomic mass is 9.86. The minimum atomic E-state index is -0.0994. The molecule has 6 bridgehead atoms. The lowest BCUT2D eigenvalue weighted by molar-refractivity contribution is 0.221. The largest absolute Gasteiger partial charge is 0.507 e. The summed E-state index contributed by atoms with van der Waals surface area (Å²) < 4.78 is 24.0. The van der Waals surface area contributed by atoms with Crippen molar-refractivity contribution in [1.29, 1.82) is 0 Å². The standard InChI is InChI=1S/C36H38N2O6/c1-38-12-10-23-18-33(43-4)35(40)36-34(23)28(38)16-21-6-8-30(41-2)26(14-21)25-13-20(5-7-29(25)39)15-27-24-19-32(44-36)31(42-3)17-22(24)9-11-37-27/h5-8,13-14,17-19,27-28,37,39-40H,9-12,15-16H2,1-4H3/t27-,28+/m1/s1. The molecule has 228 valence electrons. The van der Waals surface area contributed by atoms with Crippen molar-refractivity contribution in [3.05, 3.63) is 88.0 Å². The average Bonchev–Trinajstić information content (AvgIpc) is 3.03. The Morgan fingerprint density at radius 1 is 0.795 bits per heavy atom. The summed E-state index contributed by atoms with van der Waals surface area (Å²) in [5.41, 5.74) is 8.07. The van der Waals surface area contributed by atoms with Gasteiger partial charge in [-0.2, -0.15) is 0 Å². The van der Waals surface area contributed by atoms with Gasteiger partial charge in [-0.1, -0.05) is 12.1 Å². The van der Waals surface area contributed by atoms with Crippen LogP contribution in [-0.2, 0) is 25.7 Å². The molecular weight excluding hydrogens is 556 g/mol. The molecule has 0 fully saturated rings. The fourth-order valence-corrected chi connectivity index (χ4v) is 7.11. The molecule has 3 aliphatic heterocycles. The van der Waals surface area contributed by atoms with E-state index < -0.39 is 0 Å². The van der Waals surface area contributed by atoms with Gasteiger partial charge in [-0.25, -0.2) is 0 Å². The highest BCUT2D eigenvalue weighted by Crippen LogP contribution is 2.51. The number of hydrogen-bond donors (Lipinski definition) is 3. The molecule has 3 aliphatic rings. The summed E-state index contributed by atoms with van der Waals surface area (Å²) in [4.78, 5) is 2.30. The van der Waals surface area contributed by atoms with Gasteiger partial charge in [-0.15, -0.1) is 0 Å². The number of nitrogens with one attached hydrogen (secondary N) is 1. The third-order valence-electron chi connectivity index (χ3n) is 9.45. The van der Waals surface area contributed by atoms with E-state index in [1.807, 2.05) is 18.2 Å². The Hall–Kier alpha value is -4.40. The number of phenolic OH excluding ortho intramolecular Hbond substituents is 2. The summed E-state index contributed by atoms with van der Waals surface area (Å²) in [6, 6.07) is 17.9. The summed E-state index contributed by atoms with van der Waals surface area (Å²) in [5.74, 6) is 2.81. The van der Waals surface area contributed by atoms with Gasteiger partial charge in [0.05, 0.1) is 21.3 Å². The van der Waals surface area contributed by atoms with Crippen molar-refractivity contribution in [3.8, 4) is 51.4 Å². The molecule has 0 radical (unpaired) electrons. The SMILES string of the molecule is COc1cc2c3cc1Oc1c(O)c(OC)cc4c1[C@H](Cc1ccc(OC)c(c1)-c1cc(ccc1O)C[C@H]3NCC2)N(C)CC4. The van der Waals surface area contributed by atoms with Crippen LogP contribution < -0.4 is 24.3 Å². The molecule has 4 aromatic rings. The molecular formula is C36H38N2O6. The third-order valence-corrected chi connectivity index (χ3v) is 9.45. The quantitative estimate of drug-likeness (QED) is 0.262. The average molecular weight is 595 g/mol. The van der Waals surface area contributed by atoms with Crippen LogP contribution in [0.15, 0.2) is 54.6 Å². The summed E-state index contributed by atoms with van der Waals surface area (Å²) in [6.07, 6.45) is 3.01. The molecule has 8 nitrogen and oxygen atoms in total. The van der Waals surface area contributed by atoms with Crippen molar-refractivity contribution >= 4 is 0 Å². The van der Waals surface area contributed by atoms with E-state index in [0.717, 1.165) is 64.9 Å². The maximum Gasteiger partial charge on any atom is 0.201 e. The van der Waals surface area contributed by atoms with Gasteiger partial charge in [0, 0.05) is 35.3 Å². The van der Waals surface area contributed by atoms with E-state index in [2.05, 4.69) is 47.6 Å². The molecule has 0 spiro atoms. The molecule has 8 heteroatoms. The van der Waals surface area contributed by atoms with Crippen molar-refractivity contribution in [2.75, 3.05) is 41.5 Å². The van der Waals surface area contributed by atoms with Crippen molar-refractivity contribution in [2.24, 2.45) is 0 Å². The van der Waals surface area contributed by atoms with Crippen LogP contribution in [0.4, 0.5) is 0 Å². The fraction of sp³-hybridized carbons (Fsp3) is 0.333. The van der Waals surface area contributed by atoms with E-state index in [-0.39, 0.29) is 23.6 Å². The molecule has 4 aromatic carbocycles. The smallest absolute Gasteiger partial charge is 0.201 e. The zero-order chi connectivity index (χ0) is 30.5. The molecule has 2 atom stereocenters. The van der Waals surface area contributed by atoms with Crippen LogP contribution in [-0.4, -0.2) is 56.6 Å². The Balaban J connectivity index is 1.50. The zero-order valence-electron chi connectivity index (χ0n) is 25.6. The number of hydrogen-bond acceptors (Lipinski definition) is 8. The van der Waals surface area contributed by atoms with Gasteiger partial charge >= 0.3 is 0 Å². The number of likely N-dealkylation sites (N-methyl/N-ethyl adjacent to an activating group) is 1. The zero-order valence-corrected chi connectivity index (χ0v) is 25.6. The van der Waals surface area contributed by atoms with Crippen molar-refractivity contribution in [3.63, 3.8) is 0 Å². The number of nitrogens with zero attached hydrogens (tertiary/aromatic N) is 1. The number of aromatic hydroxyl groups is 2. The van der Waals surface area contributed by atoms with Gasteiger partial charge in [-0.05, 0) is 110 Å². The fourth-order valence-electron chi connectivity index (χ4n) is 7.11. The number of rotatable bonds is 3. The maximum absolute atomic E-state index is 11.6. The monoisotopic (exact) mass is 594 g/mol. The second-order valence-electron chi connectivity index (χ2n) is 11.9. The van der Waals surface area contributed by atoms with E-state index in [0.29, 0.717) is 41.6 Å². The Bertz CT molecular complexity index is 1750.